The molecule has 1 aliphatic rings. The molecule has 1 aliphatic heterocycles. The molecule has 0 amide bonds. The van der Waals surface area contributed by atoms with E-state index in [2.05, 4.69) is 55.2 Å². The number of ether oxygens (including phenoxy) is 1. The third-order valence-corrected chi connectivity index (χ3v) is 5.05. The highest BCUT2D eigenvalue weighted by atomic mass is 16.6. The van der Waals surface area contributed by atoms with Crippen molar-refractivity contribution in [1.82, 2.24) is 15.3 Å². The van der Waals surface area contributed by atoms with Crippen molar-refractivity contribution in [2.45, 2.75) is 71.0 Å². The molecular weight excluding hydrogens is 370 g/mol. The van der Waals surface area contributed by atoms with E-state index in [0.29, 0.717) is 5.75 Å². The largest absolute Gasteiger partial charge is 0.434 e. The Balaban J connectivity index is 1.87. The summed E-state index contributed by atoms with van der Waals surface area (Å²) in [4.78, 5) is 19.5. The number of piperidine rings is 1. The van der Waals surface area contributed by atoms with Gasteiger partial charge in [-0.1, -0.05) is 19.1 Å². The standard InChI is InChI=1S/C21H29N5O3/c1-6-14-7-9-16(10-8-14)29-19-17(26(27)28)18(22-13-23-19)24-15-11-20(2,3)25-21(4,5)12-15/h7-10,13,15,25H,6,11-12H2,1-5H3,(H,22,23,24). The summed E-state index contributed by atoms with van der Waals surface area (Å²) in [6.07, 6.45) is 3.83. The van der Waals surface area contributed by atoms with Gasteiger partial charge >= 0.3 is 11.6 Å². The number of benzene rings is 1. The summed E-state index contributed by atoms with van der Waals surface area (Å²) < 4.78 is 5.74. The fraction of sp³-hybridized carbons (Fsp3) is 0.524. The highest BCUT2D eigenvalue weighted by Gasteiger charge is 2.39. The van der Waals surface area contributed by atoms with Gasteiger partial charge in [-0.15, -0.1) is 0 Å². The molecule has 1 aromatic heterocycles. The lowest BCUT2D eigenvalue weighted by molar-refractivity contribution is -0.385. The number of nitro groups is 1. The van der Waals surface area contributed by atoms with Crippen LogP contribution in [0.3, 0.4) is 0 Å². The topological polar surface area (TPSA) is 102 Å². The first kappa shape index (κ1) is 21.0. The van der Waals surface area contributed by atoms with Gasteiger partial charge in [0.1, 0.15) is 12.1 Å². The zero-order valence-corrected chi connectivity index (χ0v) is 17.7. The van der Waals surface area contributed by atoms with Crippen molar-refractivity contribution in [2.24, 2.45) is 0 Å². The van der Waals surface area contributed by atoms with E-state index in [1.807, 2.05) is 12.1 Å². The van der Waals surface area contributed by atoms with E-state index in [9.17, 15) is 10.1 Å². The molecule has 3 rings (SSSR count). The number of anilines is 1. The van der Waals surface area contributed by atoms with Gasteiger partial charge < -0.3 is 15.4 Å². The second kappa shape index (κ2) is 7.94. The molecular formula is C21H29N5O3. The molecule has 2 N–H and O–H groups in total. The fourth-order valence-electron chi connectivity index (χ4n) is 4.23. The van der Waals surface area contributed by atoms with Crippen molar-refractivity contribution < 1.29 is 9.66 Å². The first-order chi connectivity index (χ1) is 13.6. The Morgan fingerprint density at radius 2 is 1.79 bits per heavy atom. The van der Waals surface area contributed by atoms with Crippen molar-refractivity contribution in [3.63, 3.8) is 0 Å². The van der Waals surface area contributed by atoms with Crippen LogP contribution in [0.25, 0.3) is 0 Å². The summed E-state index contributed by atoms with van der Waals surface area (Å²) >= 11 is 0. The highest BCUT2D eigenvalue weighted by molar-refractivity contribution is 5.62. The lowest BCUT2D eigenvalue weighted by atomic mass is 9.79. The van der Waals surface area contributed by atoms with E-state index >= 15 is 0 Å². The van der Waals surface area contributed by atoms with Crippen LogP contribution in [0.15, 0.2) is 30.6 Å². The third kappa shape index (κ3) is 5.20. The molecule has 8 nitrogen and oxygen atoms in total. The van der Waals surface area contributed by atoms with Crippen LogP contribution in [0, 0.1) is 10.1 Å². The summed E-state index contributed by atoms with van der Waals surface area (Å²) in [5.41, 5.74) is 0.720. The molecule has 0 spiro atoms. The summed E-state index contributed by atoms with van der Waals surface area (Å²) in [6, 6.07) is 7.47. The van der Waals surface area contributed by atoms with E-state index in [0.717, 1.165) is 24.8 Å². The molecule has 8 heteroatoms. The molecule has 0 atom stereocenters. The number of aryl methyl sites for hydroxylation is 1. The Bertz CT molecular complexity index is 864. The Morgan fingerprint density at radius 1 is 1.17 bits per heavy atom. The molecule has 1 aromatic carbocycles. The second-order valence-corrected chi connectivity index (χ2v) is 8.87. The molecule has 0 aliphatic carbocycles. The van der Waals surface area contributed by atoms with Crippen LogP contribution in [0.2, 0.25) is 0 Å². The first-order valence-corrected chi connectivity index (χ1v) is 9.90. The minimum absolute atomic E-state index is 0.0338. The van der Waals surface area contributed by atoms with Crippen LogP contribution < -0.4 is 15.4 Å². The van der Waals surface area contributed by atoms with Crippen LogP contribution in [0.4, 0.5) is 11.5 Å². The normalized spacial score (nSPS) is 18.2. The molecule has 1 saturated heterocycles. The molecule has 0 saturated carbocycles. The third-order valence-electron chi connectivity index (χ3n) is 5.05. The van der Waals surface area contributed by atoms with Gasteiger partial charge in [0.25, 0.3) is 0 Å². The summed E-state index contributed by atoms with van der Waals surface area (Å²) in [5.74, 6) is 0.618. The summed E-state index contributed by atoms with van der Waals surface area (Å²) in [7, 11) is 0. The number of hydrogen-bond acceptors (Lipinski definition) is 7. The van der Waals surface area contributed by atoms with Crippen LogP contribution in [0.1, 0.15) is 53.0 Å². The average Bonchev–Trinajstić information content (AvgIpc) is 2.59. The van der Waals surface area contributed by atoms with Crippen LogP contribution in [-0.2, 0) is 6.42 Å². The SMILES string of the molecule is CCc1ccc(Oc2ncnc(NC3CC(C)(C)NC(C)(C)C3)c2[N+](=O)[O-])cc1. The Labute approximate surface area is 171 Å². The van der Waals surface area contributed by atoms with E-state index in [1.54, 1.807) is 12.1 Å². The van der Waals surface area contributed by atoms with Crippen LogP contribution in [0.5, 0.6) is 11.6 Å². The van der Waals surface area contributed by atoms with Crippen molar-refractivity contribution >= 4 is 11.5 Å². The van der Waals surface area contributed by atoms with Crippen molar-refractivity contribution in [1.29, 1.82) is 0 Å². The first-order valence-electron chi connectivity index (χ1n) is 9.90. The maximum Gasteiger partial charge on any atom is 0.373 e. The molecule has 0 radical (unpaired) electrons. The maximum atomic E-state index is 11.8. The minimum atomic E-state index is -0.491. The number of nitrogens with one attached hydrogen (secondary N) is 2. The number of hydrogen-bond donors (Lipinski definition) is 2. The van der Waals surface area contributed by atoms with Crippen molar-refractivity contribution in [3.8, 4) is 11.6 Å². The molecule has 1 fully saturated rings. The predicted molar refractivity (Wildman–Crippen MR) is 113 cm³/mol. The van der Waals surface area contributed by atoms with Gasteiger partial charge in [-0.05, 0) is 64.7 Å². The van der Waals surface area contributed by atoms with E-state index in [-0.39, 0.29) is 34.5 Å². The van der Waals surface area contributed by atoms with Gasteiger partial charge in [0.05, 0.1) is 4.92 Å². The lowest BCUT2D eigenvalue weighted by Gasteiger charge is -2.46. The molecule has 156 valence electrons. The molecule has 2 aromatic rings. The minimum Gasteiger partial charge on any atom is -0.434 e. The number of aromatic nitrogens is 2. The van der Waals surface area contributed by atoms with Gasteiger partial charge in [0.2, 0.25) is 5.82 Å². The Hall–Kier alpha value is -2.74. The van der Waals surface area contributed by atoms with Gasteiger partial charge in [-0.3, -0.25) is 10.1 Å². The number of rotatable bonds is 6. The molecule has 29 heavy (non-hydrogen) atoms. The summed E-state index contributed by atoms with van der Waals surface area (Å²) in [6.45, 7) is 10.6. The molecule has 2 heterocycles. The smallest absolute Gasteiger partial charge is 0.373 e. The summed E-state index contributed by atoms with van der Waals surface area (Å²) in [5, 5.41) is 18.7. The van der Waals surface area contributed by atoms with Crippen LogP contribution >= 0.6 is 0 Å². The fourth-order valence-corrected chi connectivity index (χ4v) is 4.23. The molecule has 0 bridgehead atoms. The monoisotopic (exact) mass is 399 g/mol. The van der Waals surface area contributed by atoms with E-state index < -0.39 is 4.92 Å². The van der Waals surface area contributed by atoms with E-state index in [4.69, 9.17) is 4.74 Å². The Morgan fingerprint density at radius 3 is 2.34 bits per heavy atom. The van der Waals surface area contributed by atoms with Crippen LogP contribution in [-0.4, -0.2) is 32.0 Å². The number of nitrogens with zero attached hydrogens (tertiary/aromatic N) is 3. The maximum absolute atomic E-state index is 11.8. The quantitative estimate of drug-likeness (QED) is 0.546. The van der Waals surface area contributed by atoms with Crippen molar-refractivity contribution in [2.75, 3.05) is 5.32 Å². The van der Waals surface area contributed by atoms with Gasteiger partial charge in [-0.25, -0.2) is 4.98 Å². The predicted octanol–water partition coefficient (Wildman–Crippen LogP) is 4.46. The lowest BCUT2D eigenvalue weighted by Crippen LogP contribution is -2.60. The zero-order valence-electron chi connectivity index (χ0n) is 17.7. The second-order valence-electron chi connectivity index (χ2n) is 8.87. The van der Waals surface area contributed by atoms with Gasteiger partial charge in [0, 0.05) is 17.1 Å². The van der Waals surface area contributed by atoms with Crippen molar-refractivity contribution in [3.05, 3.63) is 46.3 Å². The molecule has 0 unspecified atom stereocenters. The zero-order chi connectivity index (χ0) is 21.2. The Kier molecular flexibility index (Phi) is 5.75. The average molecular weight is 399 g/mol. The van der Waals surface area contributed by atoms with E-state index in [1.165, 1.54) is 6.33 Å². The van der Waals surface area contributed by atoms with Gasteiger partial charge in [-0.2, -0.15) is 4.98 Å². The highest BCUT2D eigenvalue weighted by Crippen LogP contribution is 2.37. The van der Waals surface area contributed by atoms with Gasteiger partial charge in [0.15, 0.2) is 0 Å².